The minimum atomic E-state index is -0.294. The minimum Gasteiger partial charge on any atom is -0.493 e. The summed E-state index contributed by atoms with van der Waals surface area (Å²) in [6, 6.07) is 5.60. The zero-order chi connectivity index (χ0) is 33.7. The van der Waals surface area contributed by atoms with Gasteiger partial charge in [0.1, 0.15) is 0 Å². The Kier molecular flexibility index (Phi) is 15.8. The number of carbonyl (C=O) groups is 1. The number of nitrogens with two attached hydrogens (primary N) is 2. The lowest BCUT2D eigenvalue weighted by atomic mass is 9.80. The highest BCUT2D eigenvalue weighted by atomic mass is 16.5. The van der Waals surface area contributed by atoms with Gasteiger partial charge in [-0.1, -0.05) is 66.7 Å². The number of aromatic nitrogens is 3. The molecule has 4 atom stereocenters. The van der Waals surface area contributed by atoms with E-state index < -0.39 is 0 Å². The molecule has 0 aliphatic rings. The standard InChI is InChI=1S/C35H62N6O4/c1-23(2)27(16-26-12-13-32(44-10)33(17-26)45-15-11-14-43-9)18-29(36)30(37)19-28(24(3)4)34(42)38-21-35(7,8)22-41-20-31(25(5)6)39-40-41/h12-13,17,20,23-25,27-30H,11,14-16,18-19,21-22,36-37H2,1-10H3,(H,38,42)/t27-,28-,29-,30-/m0/s1. The molecule has 45 heavy (non-hydrogen) atoms. The van der Waals surface area contributed by atoms with E-state index in [0.717, 1.165) is 36.5 Å². The monoisotopic (exact) mass is 630 g/mol. The quantitative estimate of drug-likeness (QED) is 0.160. The van der Waals surface area contributed by atoms with Gasteiger partial charge in [0, 0.05) is 62.8 Å². The second-order valence-electron chi connectivity index (χ2n) is 14.4. The van der Waals surface area contributed by atoms with Gasteiger partial charge in [-0.15, -0.1) is 5.10 Å². The van der Waals surface area contributed by atoms with Gasteiger partial charge in [-0.3, -0.25) is 9.48 Å². The number of benzene rings is 1. The number of hydrogen-bond acceptors (Lipinski definition) is 8. The van der Waals surface area contributed by atoms with Crippen LogP contribution in [0.5, 0.6) is 11.5 Å². The van der Waals surface area contributed by atoms with Gasteiger partial charge < -0.3 is 31.0 Å². The fraction of sp³-hybridized carbons (Fsp3) is 0.743. The molecule has 256 valence electrons. The van der Waals surface area contributed by atoms with Crippen molar-refractivity contribution in [2.75, 3.05) is 34.0 Å². The summed E-state index contributed by atoms with van der Waals surface area (Å²) in [5.41, 5.74) is 15.4. The van der Waals surface area contributed by atoms with Crippen LogP contribution in [0.25, 0.3) is 0 Å². The van der Waals surface area contributed by atoms with Gasteiger partial charge in [-0.2, -0.15) is 0 Å². The topological polar surface area (TPSA) is 140 Å². The number of rotatable bonds is 21. The van der Waals surface area contributed by atoms with E-state index in [2.05, 4.69) is 83.2 Å². The Balaban J connectivity index is 1.99. The molecule has 1 heterocycles. The Hall–Kier alpha value is -2.69. The van der Waals surface area contributed by atoms with Crippen LogP contribution >= 0.6 is 0 Å². The van der Waals surface area contributed by atoms with Crippen molar-refractivity contribution in [1.29, 1.82) is 0 Å². The Morgan fingerprint density at radius 1 is 0.978 bits per heavy atom. The third-order valence-corrected chi connectivity index (χ3v) is 8.69. The predicted molar refractivity (Wildman–Crippen MR) is 181 cm³/mol. The first-order valence-corrected chi connectivity index (χ1v) is 16.6. The summed E-state index contributed by atoms with van der Waals surface area (Å²) in [4.78, 5) is 13.4. The van der Waals surface area contributed by atoms with Crippen molar-refractivity contribution in [3.63, 3.8) is 0 Å². The van der Waals surface area contributed by atoms with Crippen LogP contribution in [-0.4, -0.2) is 67.0 Å². The van der Waals surface area contributed by atoms with E-state index in [0.29, 0.717) is 50.5 Å². The molecule has 0 bridgehead atoms. The number of hydrogen-bond donors (Lipinski definition) is 3. The van der Waals surface area contributed by atoms with Gasteiger partial charge in [0.05, 0.1) is 19.4 Å². The van der Waals surface area contributed by atoms with E-state index in [4.69, 9.17) is 25.7 Å². The van der Waals surface area contributed by atoms with Crippen molar-refractivity contribution in [2.24, 2.45) is 40.6 Å². The molecule has 0 aliphatic carbocycles. The number of amides is 1. The van der Waals surface area contributed by atoms with E-state index in [1.165, 1.54) is 5.56 Å². The summed E-state index contributed by atoms with van der Waals surface area (Å²) in [6.07, 6.45) is 4.95. The summed E-state index contributed by atoms with van der Waals surface area (Å²) >= 11 is 0. The van der Waals surface area contributed by atoms with Crippen molar-refractivity contribution < 1.29 is 19.0 Å². The van der Waals surface area contributed by atoms with E-state index in [-0.39, 0.29) is 35.2 Å². The first-order chi connectivity index (χ1) is 21.2. The van der Waals surface area contributed by atoms with Crippen LogP contribution in [-0.2, 0) is 22.5 Å². The fourth-order valence-corrected chi connectivity index (χ4v) is 5.52. The highest BCUT2D eigenvalue weighted by Gasteiger charge is 2.30. The highest BCUT2D eigenvalue weighted by molar-refractivity contribution is 5.79. The van der Waals surface area contributed by atoms with E-state index >= 15 is 0 Å². The highest BCUT2D eigenvalue weighted by Crippen LogP contribution is 2.32. The van der Waals surface area contributed by atoms with Crippen LogP contribution < -0.4 is 26.3 Å². The molecule has 1 aromatic heterocycles. The minimum absolute atomic E-state index is 0.0267. The van der Waals surface area contributed by atoms with Crippen molar-refractivity contribution in [3.8, 4) is 11.5 Å². The predicted octanol–water partition coefficient (Wildman–Crippen LogP) is 5.19. The van der Waals surface area contributed by atoms with Crippen LogP contribution in [0.3, 0.4) is 0 Å². The molecule has 0 aliphatic heterocycles. The molecule has 0 saturated heterocycles. The van der Waals surface area contributed by atoms with Crippen LogP contribution in [0, 0.1) is 29.1 Å². The van der Waals surface area contributed by atoms with E-state index in [9.17, 15) is 4.79 Å². The van der Waals surface area contributed by atoms with Gasteiger partial charge >= 0.3 is 0 Å². The Morgan fingerprint density at radius 3 is 2.24 bits per heavy atom. The largest absolute Gasteiger partial charge is 0.493 e. The first-order valence-electron chi connectivity index (χ1n) is 16.6. The average molecular weight is 631 g/mol. The van der Waals surface area contributed by atoms with Crippen molar-refractivity contribution >= 4 is 5.91 Å². The molecule has 1 amide bonds. The fourth-order valence-electron chi connectivity index (χ4n) is 5.52. The lowest BCUT2D eigenvalue weighted by Crippen LogP contribution is -2.48. The summed E-state index contributed by atoms with van der Waals surface area (Å²) in [5.74, 6) is 2.45. The third kappa shape index (κ3) is 12.9. The van der Waals surface area contributed by atoms with Gasteiger partial charge in [-0.25, -0.2) is 0 Å². The van der Waals surface area contributed by atoms with Gasteiger partial charge in [0.25, 0.3) is 0 Å². The molecule has 2 rings (SSSR count). The summed E-state index contributed by atoms with van der Waals surface area (Å²) in [7, 11) is 3.34. The van der Waals surface area contributed by atoms with Gasteiger partial charge in [-0.05, 0) is 60.6 Å². The summed E-state index contributed by atoms with van der Waals surface area (Å²) in [6.45, 7) is 19.5. The van der Waals surface area contributed by atoms with Gasteiger partial charge in [0.15, 0.2) is 11.5 Å². The van der Waals surface area contributed by atoms with Crippen molar-refractivity contribution in [1.82, 2.24) is 20.3 Å². The lowest BCUT2D eigenvalue weighted by molar-refractivity contribution is -0.127. The Bertz CT molecular complexity index is 1150. The van der Waals surface area contributed by atoms with Gasteiger partial charge in [0.2, 0.25) is 5.91 Å². The van der Waals surface area contributed by atoms with Crippen LogP contribution in [0.4, 0.5) is 0 Å². The lowest BCUT2D eigenvalue weighted by Gasteiger charge is -2.31. The maximum atomic E-state index is 13.4. The zero-order valence-corrected chi connectivity index (χ0v) is 29.6. The molecule has 5 N–H and O–H groups in total. The number of methoxy groups -OCH3 is 2. The molecule has 1 aromatic carbocycles. The van der Waals surface area contributed by atoms with E-state index in [1.54, 1.807) is 14.2 Å². The number of nitrogens with one attached hydrogen (secondary N) is 1. The van der Waals surface area contributed by atoms with Crippen molar-refractivity contribution in [2.45, 2.75) is 106 Å². The molecular formula is C35H62N6O4. The molecule has 10 heteroatoms. The number of ether oxygens (including phenoxy) is 3. The smallest absolute Gasteiger partial charge is 0.223 e. The molecule has 0 fully saturated rings. The zero-order valence-electron chi connectivity index (χ0n) is 29.6. The molecule has 0 radical (unpaired) electrons. The number of nitrogens with zero attached hydrogens (tertiary/aromatic N) is 3. The normalized spacial score (nSPS) is 14.9. The Labute approximate surface area is 272 Å². The van der Waals surface area contributed by atoms with E-state index in [1.807, 2.05) is 16.9 Å². The summed E-state index contributed by atoms with van der Waals surface area (Å²) in [5, 5.41) is 11.7. The SMILES string of the molecule is COCCCOc1cc(C[C@@H](C[C@H](N)[C@@H](N)C[C@H](C(=O)NCC(C)(C)Cn2cc(C(C)C)nn2)C(C)C)C(C)C)ccc1OC. The molecule has 0 saturated carbocycles. The molecular weight excluding hydrogens is 568 g/mol. The van der Waals surface area contributed by atoms with Crippen LogP contribution in [0.2, 0.25) is 0 Å². The second-order valence-corrected chi connectivity index (χ2v) is 14.4. The van der Waals surface area contributed by atoms with Crippen LogP contribution in [0.1, 0.15) is 91.8 Å². The molecule has 2 aromatic rings. The first kappa shape index (κ1) is 38.5. The molecule has 0 spiro atoms. The second kappa shape index (κ2) is 18.5. The number of carbonyl (C=O) groups excluding carboxylic acids is 1. The van der Waals surface area contributed by atoms with Crippen molar-refractivity contribution in [3.05, 3.63) is 35.7 Å². The summed E-state index contributed by atoms with van der Waals surface area (Å²) < 4.78 is 18.5. The molecule has 10 nitrogen and oxygen atoms in total. The maximum Gasteiger partial charge on any atom is 0.223 e. The molecule has 0 unspecified atom stereocenters. The maximum absolute atomic E-state index is 13.4. The van der Waals surface area contributed by atoms with Crippen LogP contribution in [0.15, 0.2) is 24.4 Å². The third-order valence-electron chi connectivity index (χ3n) is 8.69. The Morgan fingerprint density at radius 2 is 1.67 bits per heavy atom. The average Bonchev–Trinajstić information content (AvgIpc) is 3.44.